The van der Waals surface area contributed by atoms with Crippen molar-refractivity contribution in [1.82, 2.24) is 0 Å². The minimum Gasteiger partial charge on any atom is -0.387 e. The molecule has 0 heterocycles. The van der Waals surface area contributed by atoms with Gasteiger partial charge in [0.2, 0.25) is 0 Å². The average Bonchev–Trinajstić information content (AvgIpc) is 2.24. The SMILES string of the molecule is CCC12CC3CC(CC(O)(C3)C1(O)CC)C2. The van der Waals surface area contributed by atoms with E-state index in [0.717, 1.165) is 32.1 Å². The Labute approximate surface area is 98.1 Å². The molecule has 16 heavy (non-hydrogen) atoms. The molecule has 4 fully saturated rings. The van der Waals surface area contributed by atoms with Crippen molar-refractivity contribution in [2.45, 2.75) is 70.0 Å². The standard InChI is InChI=1S/C14H24O2/c1-3-12-6-10-5-11(7-12)9-13(15,8-10)14(12,16)4-2/h10-11,15-16H,3-9H2,1-2H3. The van der Waals surface area contributed by atoms with E-state index in [4.69, 9.17) is 0 Å². The second kappa shape index (κ2) is 3.02. The van der Waals surface area contributed by atoms with Crippen molar-refractivity contribution >= 4 is 0 Å². The van der Waals surface area contributed by atoms with Gasteiger partial charge in [0.15, 0.2) is 0 Å². The van der Waals surface area contributed by atoms with Crippen LogP contribution in [0.1, 0.15) is 58.8 Å². The molecule has 0 saturated heterocycles. The Morgan fingerprint density at radius 3 is 1.94 bits per heavy atom. The van der Waals surface area contributed by atoms with Gasteiger partial charge in [-0.05, 0) is 56.8 Å². The van der Waals surface area contributed by atoms with Crippen LogP contribution in [0.5, 0.6) is 0 Å². The summed E-state index contributed by atoms with van der Waals surface area (Å²) in [6.07, 6.45) is 7.00. The lowest BCUT2D eigenvalue weighted by molar-refractivity contribution is -0.307. The molecule has 2 N–H and O–H groups in total. The van der Waals surface area contributed by atoms with Crippen LogP contribution in [0.3, 0.4) is 0 Å². The molecule has 0 spiro atoms. The van der Waals surface area contributed by atoms with Gasteiger partial charge >= 0.3 is 0 Å². The molecule has 4 bridgehead atoms. The van der Waals surface area contributed by atoms with E-state index in [0.29, 0.717) is 18.3 Å². The fourth-order valence-corrected chi connectivity index (χ4v) is 5.63. The van der Waals surface area contributed by atoms with E-state index in [9.17, 15) is 10.2 Å². The van der Waals surface area contributed by atoms with E-state index in [2.05, 4.69) is 6.92 Å². The topological polar surface area (TPSA) is 40.5 Å². The van der Waals surface area contributed by atoms with Gasteiger partial charge < -0.3 is 10.2 Å². The highest BCUT2D eigenvalue weighted by Gasteiger charge is 2.69. The van der Waals surface area contributed by atoms with Crippen LogP contribution in [0.25, 0.3) is 0 Å². The van der Waals surface area contributed by atoms with Crippen molar-refractivity contribution in [3.63, 3.8) is 0 Å². The molecule has 4 rings (SSSR count). The molecule has 0 aromatic rings. The monoisotopic (exact) mass is 224 g/mol. The van der Waals surface area contributed by atoms with E-state index in [1.54, 1.807) is 0 Å². The first-order chi connectivity index (χ1) is 7.49. The molecule has 3 unspecified atom stereocenters. The maximum atomic E-state index is 11.1. The summed E-state index contributed by atoms with van der Waals surface area (Å²) in [5, 5.41) is 21.9. The molecule has 0 amide bonds. The van der Waals surface area contributed by atoms with Crippen LogP contribution in [-0.2, 0) is 0 Å². The molecule has 4 aliphatic carbocycles. The zero-order valence-electron chi connectivity index (χ0n) is 10.5. The Morgan fingerprint density at radius 1 is 0.938 bits per heavy atom. The predicted molar refractivity (Wildman–Crippen MR) is 63.0 cm³/mol. The highest BCUT2D eigenvalue weighted by Crippen LogP contribution is 2.68. The number of rotatable bonds is 2. The second-order valence-electron chi connectivity index (χ2n) is 6.66. The van der Waals surface area contributed by atoms with E-state index in [1.165, 1.54) is 6.42 Å². The van der Waals surface area contributed by atoms with Gasteiger partial charge in [0.05, 0.1) is 11.2 Å². The molecule has 0 aromatic carbocycles. The molecule has 3 atom stereocenters. The summed E-state index contributed by atoms with van der Waals surface area (Å²) in [5.41, 5.74) is -1.58. The molecule has 0 radical (unpaired) electrons. The Hall–Kier alpha value is -0.0800. The van der Waals surface area contributed by atoms with E-state index >= 15 is 0 Å². The van der Waals surface area contributed by atoms with Gasteiger partial charge in [0.1, 0.15) is 0 Å². The van der Waals surface area contributed by atoms with Crippen LogP contribution in [0, 0.1) is 17.3 Å². The Bertz CT molecular complexity index is 298. The van der Waals surface area contributed by atoms with Crippen molar-refractivity contribution in [1.29, 1.82) is 0 Å². The van der Waals surface area contributed by atoms with Gasteiger partial charge in [-0.1, -0.05) is 13.8 Å². The number of hydrogen-bond acceptors (Lipinski definition) is 2. The van der Waals surface area contributed by atoms with Gasteiger partial charge in [-0.3, -0.25) is 0 Å². The normalized spacial score (nSPS) is 59.2. The molecule has 4 aliphatic rings. The second-order valence-corrected chi connectivity index (χ2v) is 6.66. The van der Waals surface area contributed by atoms with Crippen molar-refractivity contribution in [2.75, 3.05) is 0 Å². The predicted octanol–water partition coefficient (Wildman–Crippen LogP) is 2.48. The summed E-state index contributed by atoms with van der Waals surface area (Å²) in [7, 11) is 0. The zero-order chi connectivity index (χ0) is 11.6. The summed E-state index contributed by atoms with van der Waals surface area (Å²) in [6, 6.07) is 0. The molecule has 0 aromatic heterocycles. The van der Waals surface area contributed by atoms with Crippen molar-refractivity contribution in [3.05, 3.63) is 0 Å². The fourth-order valence-electron chi connectivity index (χ4n) is 5.63. The summed E-state index contributed by atoms with van der Waals surface area (Å²) in [6.45, 7) is 4.23. The summed E-state index contributed by atoms with van der Waals surface area (Å²) < 4.78 is 0. The molecule has 2 heteroatoms. The Morgan fingerprint density at radius 2 is 1.50 bits per heavy atom. The molecule has 4 saturated carbocycles. The van der Waals surface area contributed by atoms with Crippen LogP contribution >= 0.6 is 0 Å². The van der Waals surface area contributed by atoms with Gasteiger partial charge in [-0.25, -0.2) is 0 Å². The van der Waals surface area contributed by atoms with Gasteiger partial charge in [-0.15, -0.1) is 0 Å². The molecular formula is C14H24O2. The third-order valence-corrected chi connectivity index (χ3v) is 6.11. The lowest BCUT2D eigenvalue weighted by Gasteiger charge is -2.69. The van der Waals surface area contributed by atoms with E-state index in [-0.39, 0.29) is 5.41 Å². The lowest BCUT2D eigenvalue weighted by Crippen LogP contribution is -2.73. The summed E-state index contributed by atoms with van der Waals surface area (Å²) in [5.74, 6) is 1.34. The van der Waals surface area contributed by atoms with Crippen LogP contribution in [0.2, 0.25) is 0 Å². The maximum absolute atomic E-state index is 11.1. The quantitative estimate of drug-likeness (QED) is 0.756. The van der Waals surface area contributed by atoms with Crippen LogP contribution < -0.4 is 0 Å². The van der Waals surface area contributed by atoms with Gasteiger partial charge in [-0.2, -0.15) is 0 Å². The first kappa shape index (κ1) is 11.0. The molecule has 0 aliphatic heterocycles. The smallest absolute Gasteiger partial charge is 0.0986 e. The highest BCUT2D eigenvalue weighted by atomic mass is 16.4. The zero-order valence-corrected chi connectivity index (χ0v) is 10.5. The third kappa shape index (κ3) is 1.01. The summed E-state index contributed by atoms with van der Waals surface area (Å²) >= 11 is 0. The van der Waals surface area contributed by atoms with Crippen LogP contribution in [0.15, 0.2) is 0 Å². The lowest BCUT2D eigenvalue weighted by atomic mass is 9.40. The van der Waals surface area contributed by atoms with Gasteiger partial charge in [0, 0.05) is 5.41 Å². The van der Waals surface area contributed by atoms with Crippen molar-refractivity contribution < 1.29 is 10.2 Å². The van der Waals surface area contributed by atoms with Gasteiger partial charge in [0.25, 0.3) is 0 Å². The van der Waals surface area contributed by atoms with Crippen LogP contribution in [0.4, 0.5) is 0 Å². The number of hydrogen-bond donors (Lipinski definition) is 2. The third-order valence-electron chi connectivity index (χ3n) is 6.11. The first-order valence-electron chi connectivity index (χ1n) is 6.93. The first-order valence-corrected chi connectivity index (χ1v) is 6.93. The highest BCUT2D eigenvalue weighted by molar-refractivity contribution is 5.20. The average molecular weight is 224 g/mol. The Kier molecular flexibility index (Phi) is 2.09. The fraction of sp³-hybridized carbons (Fsp3) is 1.00. The summed E-state index contributed by atoms with van der Waals surface area (Å²) in [4.78, 5) is 0. The molecule has 92 valence electrons. The number of aliphatic hydroxyl groups is 2. The maximum Gasteiger partial charge on any atom is 0.0986 e. The molecular weight excluding hydrogens is 200 g/mol. The van der Waals surface area contributed by atoms with Crippen molar-refractivity contribution in [3.8, 4) is 0 Å². The van der Waals surface area contributed by atoms with E-state index < -0.39 is 11.2 Å². The van der Waals surface area contributed by atoms with E-state index in [1.807, 2.05) is 6.92 Å². The van der Waals surface area contributed by atoms with Crippen LogP contribution in [-0.4, -0.2) is 21.4 Å². The minimum absolute atomic E-state index is 0.0145. The van der Waals surface area contributed by atoms with Crippen molar-refractivity contribution in [2.24, 2.45) is 17.3 Å². The molecule has 2 nitrogen and oxygen atoms in total. The Balaban J connectivity index is 2.10. The largest absolute Gasteiger partial charge is 0.387 e. The minimum atomic E-state index is -0.817.